The van der Waals surface area contributed by atoms with Crippen molar-refractivity contribution in [1.29, 1.82) is 0 Å². The van der Waals surface area contributed by atoms with Crippen LogP contribution >= 0.6 is 0 Å². The molecule has 16 heavy (non-hydrogen) atoms. The molecule has 0 fully saturated rings. The number of Topliss-reactive ketones (excluding diaryl/α,β-unsaturated/α-hetero) is 1. The van der Waals surface area contributed by atoms with Gasteiger partial charge in [0.25, 0.3) is 5.78 Å². The lowest BCUT2D eigenvalue weighted by Crippen LogP contribution is -2.84. The number of quaternary nitrogens is 1. The molecule has 0 aliphatic carbocycles. The zero-order chi connectivity index (χ0) is 11.2. The second-order valence-corrected chi connectivity index (χ2v) is 3.58. The molecule has 0 aliphatic heterocycles. The molecule has 0 radical (unpaired) electrons. The fourth-order valence-electron chi connectivity index (χ4n) is 1.52. The molecule has 3 nitrogen and oxygen atoms in total. The highest BCUT2D eigenvalue weighted by Gasteiger charge is 2.09. The van der Waals surface area contributed by atoms with E-state index in [1.165, 1.54) is 11.8 Å². The highest BCUT2D eigenvalue weighted by atomic mass is 16.3. The SMILES string of the molecule is O=C(C[NH2+]Cc1ccccc1)c1ccco1. The smallest absolute Gasteiger partial charge is 0.251 e. The number of hydrogen-bond acceptors (Lipinski definition) is 2. The first-order chi connectivity index (χ1) is 7.86. The van der Waals surface area contributed by atoms with E-state index in [4.69, 9.17) is 4.42 Å². The van der Waals surface area contributed by atoms with Crippen LogP contribution in [0.15, 0.2) is 53.1 Å². The van der Waals surface area contributed by atoms with Crippen molar-refractivity contribution in [3.63, 3.8) is 0 Å². The fourth-order valence-corrected chi connectivity index (χ4v) is 1.52. The molecule has 1 aromatic heterocycles. The molecule has 0 saturated carbocycles. The van der Waals surface area contributed by atoms with Crippen molar-refractivity contribution >= 4 is 5.78 Å². The molecule has 0 amide bonds. The summed E-state index contributed by atoms with van der Waals surface area (Å²) in [7, 11) is 0. The van der Waals surface area contributed by atoms with Gasteiger partial charge in [-0.15, -0.1) is 0 Å². The van der Waals surface area contributed by atoms with E-state index in [0.29, 0.717) is 12.3 Å². The van der Waals surface area contributed by atoms with Crippen LogP contribution < -0.4 is 5.32 Å². The second kappa shape index (κ2) is 5.28. The van der Waals surface area contributed by atoms with Crippen LogP contribution in [0, 0.1) is 0 Å². The van der Waals surface area contributed by atoms with Crippen molar-refractivity contribution in [2.24, 2.45) is 0 Å². The van der Waals surface area contributed by atoms with Crippen LogP contribution in [-0.2, 0) is 6.54 Å². The van der Waals surface area contributed by atoms with E-state index in [2.05, 4.69) is 0 Å². The highest BCUT2D eigenvalue weighted by Crippen LogP contribution is 1.99. The molecule has 2 N–H and O–H groups in total. The van der Waals surface area contributed by atoms with Crippen LogP contribution in [0.3, 0.4) is 0 Å². The van der Waals surface area contributed by atoms with E-state index in [1.54, 1.807) is 12.1 Å². The van der Waals surface area contributed by atoms with Crippen LogP contribution in [0.25, 0.3) is 0 Å². The van der Waals surface area contributed by atoms with Gasteiger partial charge in [0.2, 0.25) is 0 Å². The van der Waals surface area contributed by atoms with E-state index in [-0.39, 0.29) is 5.78 Å². The Bertz CT molecular complexity index is 434. The van der Waals surface area contributed by atoms with Crippen molar-refractivity contribution in [1.82, 2.24) is 0 Å². The zero-order valence-corrected chi connectivity index (χ0v) is 8.93. The minimum Gasteiger partial charge on any atom is -0.461 e. The van der Waals surface area contributed by atoms with E-state index in [9.17, 15) is 4.79 Å². The number of carbonyl (C=O) groups is 1. The standard InChI is InChI=1S/C13H13NO2/c15-12(13-7-4-8-16-13)10-14-9-11-5-2-1-3-6-11/h1-8,14H,9-10H2/p+1. The monoisotopic (exact) mass is 216 g/mol. The Morgan fingerprint density at radius 1 is 1.12 bits per heavy atom. The lowest BCUT2D eigenvalue weighted by Gasteiger charge is -1.99. The topological polar surface area (TPSA) is 46.8 Å². The Labute approximate surface area is 94.1 Å². The molecule has 2 rings (SSSR count). The number of rotatable bonds is 5. The lowest BCUT2D eigenvalue weighted by atomic mass is 10.2. The molecular formula is C13H14NO2+. The molecule has 0 atom stereocenters. The normalized spacial score (nSPS) is 10.2. The lowest BCUT2D eigenvalue weighted by molar-refractivity contribution is -0.658. The summed E-state index contributed by atoms with van der Waals surface area (Å²) in [5.74, 6) is 0.463. The average Bonchev–Trinajstić information content (AvgIpc) is 2.84. The predicted octanol–water partition coefficient (Wildman–Crippen LogP) is 1.23. The van der Waals surface area contributed by atoms with E-state index in [1.807, 2.05) is 35.6 Å². The van der Waals surface area contributed by atoms with Gasteiger partial charge < -0.3 is 9.73 Å². The molecule has 1 aromatic carbocycles. The van der Waals surface area contributed by atoms with Gasteiger partial charge in [-0.2, -0.15) is 0 Å². The molecule has 2 aromatic rings. The first-order valence-corrected chi connectivity index (χ1v) is 5.28. The summed E-state index contributed by atoms with van der Waals surface area (Å²) in [5, 5.41) is 1.97. The number of nitrogens with two attached hydrogens (primary N) is 1. The summed E-state index contributed by atoms with van der Waals surface area (Å²) in [5.41, 5.74) is 1.22. The summed E-state index contributed by atoms with van der Waals surface area (Å²) >= 11 is 0. The van der Waals surface area contributed by atoms with Gasteiger partial charge in [0.15, 0.2) is 5.76 Å². The van der Waals surface area contributed by atoms with Gasteiger partial charge in [-0.3, -0.25) is 4.79 Å². The zero-order valence-electron chi connectivity index (χ0n) is 8.93. The van der Waals surface area contributed by atoms with Crippen LogP contribution in [0.5, 0.6) is 0 Å². The molecule has 0 spiro atoms. The summed E-state index contributed by atoms with van der Waals surface area (Å²) in [4.78, 5) is 11.6. The third-order valence-corrected chi connectivity index (χ3v) is 2.35. The molecule has 0 saturated heterocycles. The van der Waals surface area contributed by atoms with Crippen LogP contribution in [0.1, 0.15) is 16.1 Å². The van der Waals surface area contributed by atoms with E-state index in [0.717, 1.165) is 6.54 Å². The molecule has 0 aliphatic rings. The fraction of sp³-hybridized carbons (Fsp3) is 0.154. The Morgan fingerprint density at radius 3 is 2.62 bits per heavy atom. The van der Waals surface area contributed by atoms with Crippen molar-refractivity contribution in [2.75, 3.05) is 6.54 Å². The first-order valence-electron chi connectivity index (χ1n) is 5.28. The summed E-state index contributed by atoms with van der Waals surface area (Å²) in [6.07, 6.45) is 1.52. The number of benzene rings is 1. The molecule has 0 bridgehead atoms. The third kappa shape index (κ3) is 2.81. The Balaban J connectivity index is 1.79. The Hall–Kier alpha value is -1.87. The van der Waals surface area contributed by atoms with Crippen LogP contribution in [0.2, 0.25) is 0 Å². The largest absolute Gasteiger partial charge is 0.461 e. The predicted molar refractivity (Wildman–Crippen MR) is 60.0 cm³/mol. The van der Waals surface area contributed by atoms with Gasteiger partial charge in [0, 0.05) is 5.56 Å². The summed E-state index contributed by atoms with van der Waals surface area (Å²) in [6, 6.07) is 13.5. The first kappa shape index (κ1) is 10.6. The van der Waals surface area contributed by atoms with E-state index < -0.39 is 0 Å². The summed E-state index contributed by atoms with van der Waals surface area (Å²) in [6.45, 7) is 1.23. The summed E-state index contributed by atoms with van der Waals surface area (Å²) < 4.78 is 5.03. The molecule has 82 valence electrons. The van der Waals surface area contributed by atoms with Crippen molar-refractivity contribution in [2.45, 2.75) is 6.54 Å². The van der Waals surface area contributed by atoms with Crippen LogP contribution in [0.4, 0.5) is 0 Å². The maximum atomic E-state index is 11.6. The maximum absolute atomic E-state index is 11.6. The van der Waals surface area contributed by atoms with Gasteiger partial charge in [-0.05, 0) is 12.1 Å². The molecular weight excluding hydrogens is 202 g/mol. The molecule has 1 heterocycles. The Morgan fingerprint density at radius 2 is 1.94 bits per heavy atom. The van der Waals surface area contributed by atoms with Crippen molar-refractivity contribution in [3.05, 3.63) is 60.1 Å². The van der Waals surface area contributed by atoms with E-state index >= 15 is 0 Å². The number of carbonyl (C=O) groups excluding carboxylic acids is 1. The second-order valence-electron chi connectivity index (χ2n) is 3.58. The quantitative estimate of drug-likeness (QED) is 0.764. The number of hydrogen-bond donors (Lipinski definition) is 1. The third-order valence-electron chi connectivity index (χ3n) is 2.35. The minimum atomic E-state index is 0.0286. The van der Waals surface area contributed by atoms with Crippen molar-refractivity contribution < 1.29 is 14.5 Å². The van der Waals surface area contributed by atoms with Gasteiger partial charge in [-0.1, -0.05) is 30.3 Å². The van der Waals surface area contributed by atoms with Gasteiger partial charge in [-0.25, -0.2) is 0 Å². The Kier molecular flexibility index (Phi) is 3.51. The highest BCUT2D eigenvalue weighted by molar-refractivity contribution is 5.94. The maximum Gasteiger partial charge on any atom is 0.251 e. The minimum absolute atomic E-state index is 0.0286. The van der Waals surface area contributed by atoms with Gasteiger partial charge in [0.05, 0.1) is 6.26 Å². The number of furan rings is 1. The average molecular weight is 216 g/mol. The van der Waals surface area contributed by atoms with Crippen molar-refractivity contribution in [3.8, 4) is 0 Å². The van der Waals surface area contributed by atoms with Gasteiger partial charge >= 0.3 is 0 Å². The number of ketones is 1. The van der Waals surface area contributed by atoms with Gasteiger partial charge in [0.1, 0.15) is 13.1 Å². The molecule has 0 unspecified atom stereocenters. The molecule has 3 heteroatoms. The van der Waals surface area contributed by atoms with Crippen LogP contribution in [-0.4, -0.2) is 12.3 Å².